The number of benzene rings is 1. The van der Waals surface area contributed by atoms with Gasteiger partial charge in [-0.25, -0.2) is 0 Å². The number of para-hydroxylation sites is 1. The van der Waals surface area contributed by atoms with Crippen LogP contribution in [0.2, 0.25) is 0 Å². The van der Waals surface area contributed by atoms with Crippen LogP contribution in [0.25, 0.3) is 10.9 Å². The highest BCUT2D eigenvalue weighted by Gasteiger charge is 2.26. The molecule has 0 spiro atoms. The fourth-order valence-corrected chi connectivity index (χ4v) is 3.71. The summed E-state index contributed by atoms with van der Waals surface area (Å²) in [5, 5.41) is 3.78. The highest BCUT2D eigenvalue weighted by atomic mass is 16.5. The first-order valence-corrected chi connectivity index (χ1v) is 9.67. The number of rotatable bonds is 7. The number of nitrogens with one attached hydrogen (secondary N) is 1. The fraction of sp³-hybridized carbons (Fsp3) is 0.524. The number of likely N-dealkylation sites (tertiary alicyclic amines) is 1. The summed E-state index contributed by atoms with van der Waals surface area (Å²) in [5.41, 5.74) is 1.46. The van der Waals surface area contributed by atoms with Crippen molar-refractivity contribution < 1.29 is 14.3 Å². The van der Waals surface area contributed by atoms with E-state index in [1.165, 1.54) is 0 Å². The van der Waals surface area contributed by atoms with Crippen molar-refractivity contribution in [1.29, 1.82) is 0 Å². The van der Waals surface area contributed by atoms with Gasteiger partial charge in [-0.2, -0.15) is 0 Å². The van der Waals surface area contributed by atoms with Crippen molar-refractivity contribution in [3.63, 3.8) is 0 Å². The molecule has 3 rings (SSSR count). The molecule has 1 aliphatic heterocycles. The van der Waals surface area contributed by atoms with Crippen LogP contribution in [0.4, 0.5) is 0 Å². The predicted molar refractivity (Wildman–Crippen MR) is 106 cm³/mol. The molecule has 6 nitrogen and oxygen atoms in total. The van der Waals surface area contributed by atoms with Crippen LogP contribution in [0.15, 0.2) is 30.5 Å². The van der Waals surface area contributed by atoms with Gasteiger partial charge in [-0.1, -0.05) is 18.2 Å². The van der Waals surface area contributed by atoms with Gasteiger partial charge < -0.3 is 19.5 Å². The van der Waals surface area contributed by atoms with Gasteiger partial charge in [0.2, 0.25) is 0 Å². The lowest BCUT2D eigenvalue weighted by molar-refractivity contribution is -0.118. The number of hydrogen-bond acceptors (Lipinski definition) is 4. The first kappa shape index (κ1) is 19.6. The maximum Gasteiger partial charge on any atom is 0.292 e. The molecule has 0 unspecified atom stereocenters. The van der Waals surface area contributed by atoms with E-state index in [1.54, 1.807) is 7.11 Å². The molecular weight excluding hydrogens is 342 g/mol. The predicted octanol–water partition coefficient (Wildman–Crippen LogP) is 2.63. The number of carbonyl (C=O) groups excluding carboxylic acids is 2. The molecule has 0 bridgehead atoms. The third-order valence-corrected chi connectivity index (χ3v) is 5.28. The highest BCUT2D eigenvalue weighted by molar-refractivity contribution is 6.45. The molecule has 0 atom stereocenters. The van der Waals surface area contributed by atoms with Crippen molar-refractivity contribution in [1.82, 2.24) is 14.8 Å². The van der Waals surface area contributed by atoms with Crippen LogP contribution in [0, 0.1) is 0 Å². The summed E-state index contributed by atoms with van der Waals surface area (Å²) >= 11 is 0. The van der Waals surface area contributed by atoms with E-state index in [0.717, 1.165) is 50.0 Å². The Bertz CT molecular complexity index is 804. The van der Waals surface area contributed by atoms with E-state index in [0.29, 0.717) is 5.56 Å². The number of hydrogen-bond donors (Lipinski definition) is 1. The number of methoxy groups -OCH3 is 1. The maximum absolute atomic E-state index is 12.8. The number of amides is 1. The number of piperidine rings is 1. The minimum atomic E-state index is -0.503. The zero-order chi connectivity index (χ0) is 19.4. The molecule has 1 aromatic heterocycles. The van der Waals surface area contributed by atoms with Gasteiger partial charge in [-0.15, -0.1) is 0 Å². The Morgan fingerprint density at radius 2 is 1.93 bits per heavy atom. The van der Waals surface area contributed by atoms with Gasteiger partial charge in [-0.3, -0.25) is 9.59 Å². The zero-order valence-electron chi connectivity index (χ0n) is 16.4. The lowest BCUT2D eigenvalue weighted by atomic mass is 10.0. The molecule has 0 saturated carbocycles. The second-order valence-corrected chi connectivity index (χ2v) is 7.47. The van der Waals surface area contributed by atoms with Gasteiger partial charge in [0.05, 0.1) is 12.2 Å². The first-order valence-electron chi connectivity index (χ1n) is 9.67. The fourth-order valence-electron chi connectivity index (χ4n) is 3.71. The molecule has 6 heteroatoms. The lowest BCUT2D eigenvalue weighted by Gasteiger charge is -2.31. The van der Waals surface area contributed by atoms with Crippen LogP contribution >= 0.6 is 0 Å². The molecule has 1 aromatic carbocycles. The second-order valence-electron chi connectivity index (χ2n) is 7.47. The molecule has 146 valence electrons. The topological polar surface area (TPSA) is 63.6 Å². The Labute approximate surface area is 160 Å². The van der Waals surface area contributed by atoms with Crippen molar-refractivity contribution >= 4 is 22.6 Å². The number of nitrogens with zero attached hydrogens (tertiary/aromatic N) is 2. The molecule has 1 aliphatic rings. The van der Waals surface area contributed by atoms with Gasteiger partial charge in [0.25, 0.3) is 11.7 Å². The summed E-state index contributed by atoms with van der Waals surface area (Å²) in [7, 11) is 1.70. The van der Waals surface area contributed by atoms with Crippen molar-refractivity contribution in [3.8, 4) is 0 Å². The molecule has 2 aromatic rings. The molecule has 1 amide bonds. The summed E-state index contributed by atoms with van der Waals surface area (Å²) in [6, 6.07) is 8.02. The van der Waals surface area contributed by atoms with E-state index in [2.05, 4.69) is 24.1 Å². The Morgan fingerprint density at radius 1 is 1.22 bits per heavy atom. The van der Waals surface area contributed by atoms with E-state index in [1.807, 2.05) is 35.0 Å². The van der Waals surface area contributed by atoms with Gasteiger partial charge >= 0.3 is 0 Å². The first-order chi connectivity index (χ1) is 13.0. The van der Waals surface area contributed by atoms with Crippen LogP contribution in [-0.2, 0) is 9.53 Å². The van der Waals surface area contributed by atoms with E-state index in [9.17, 15) is 9.59 Å². The summed E-state index contributed by atoms with van der Waals surface area (Å²) in [6.45, 7) is 7.58. The second kappa shape index (κ2) is 8.67. The average molecular weight is 371 g/mol. The van der Waals surface area contributed by atoms with E-state index in [-0.39, 0.29) is 12.1 Å². The van der Waals surface area contributed by atoms with Crippen molar-refractivity contribution in [2.75, 3.05) is 33.4 Å². The SMILES string of the molecule is COCCN1CCC(NC(=O)C(=O)c2cn(C(C)C)c3ccccc23)CC1. The zero-order valence-corrected chi connectivity index (χ0v) is 16.4. The van der Waals surface area contributed by atoms with Crippen molar-refractivity contribution in [2.45, 2.75) is 38.8 Å². The number of ketones is 1. The Kier molecular flexibility index (Phi) is 6.29. The molecular formula is C21H29N3O3. The number of ether oxygens (including phenoxy) is 1. The van der Waals surface area contributed by atoms with Gasteiger partial charge in [0.15, 0.2) is 0 Å². The van der Waals surface area contributed by atoms with E-state index < -0.39 is 11.7 Å². The summed E-state index contributed by atoms with van der Waals surface area (Å²) < 4.78 is 7.16. The minimum absolute atomic E-state index is 0.0543. The van der Waals surface area contributed by atoms with Crippen LogP contribution in [-0.4, -0.2) is 60.6 Å². The molecule has 27 heavy (non-hydrogen) atoms. The third-order valence-electron chi connectivity index (χ3n) is 5.28. The Hall–Kier alpha value is -2.18. The number of fused-ring (bicyclic) bond motifs is 1. The van der Waals surface area contributed by atoms with Crippen LogP contribution < -0.4 is 5.32 Å². The van der Waals surface area contributed by atoms with Gasteiger partial charge in [0, 0.05) is 55.9 Å². The molecule has 0 aliphatic carbocycles. The van der Waals surface area contributed by atoms with E-state index >= 15 is 0 Å². The van der Waals surface area contributed by atoms with Crippen molar-refractivity contribution in [3.05, 3.63) is 36.0 Å². The Morgan fingerprint density at radius 3 is 2.59 bits per heavy atom. The van der Waals surface area contributed by atoms with Crippen LogP contribution in [0.5, 0.6) is 0 Å². The lowest BCUT2D eigenvalue weighted by Crippen LogP contribution is -2.47. The van der Waals surface area contributed by atoms with Gasteiger partial charge in [-0.05, 0) is 32.8 Å². The molecule has 1 saturated heterocycles. The molecule has 1 fully saturated rings. The monoisotopic (exact) mass is 371 g/mol. The number of Topliss-reactive ketones (excluding diaryl/α,β-unsaturated/α-hetero) is 1. The quantitative estimate of drug-likeness (QED) is 0.600. The summed E-state index contributed by atoms with van der Waals surface area (Å²) in [4.78, 5) is 27.7. The van der Waals surface area contributed by atoms with E-state index in [4.69, 9.17) is 4.74 Å². The smallest absolute Gasteiger partial charge is 0.292 e. The molecule has 2 heterocycles. The minimum Gasteiger partial charge on any atom is -0.383 e. The average Bonchev–Trinajstić information content (AvgIpc) is 3.07. The number of carbonyl (C=O) groups is 2. The maximum atomic E-state index is 12.8. The van der Waals surface area contributed by atoms with Crippen LogP contribution in [0.1, 0.15) is 43.1 Å². The standard InChI is InChI=1S/C21H29N3O3/c1-15(2)24-14-18(17-6-4-5-7-19(17)24)20(25)21(26)22-16-8-10-23(11-9-16)12-13-27-3/h4-7,14-16H,8-13H2,1-3H3,(H,22,26). The highest BCUT2D eigenvalue weighted by Crippen LogP contribution is 2.25. The summed E-state index contributed by atoms with van der Waals surface area (Å²) in [5.74, 6) is -0.954. The van der Waals surface area contributed by atoms with Crippen LogP contribution in [0.3, 0.4) is 0 Å². The Balaban J connectivity index is 1.67. The molecule has 1 N–H and O–H groups in total. The normalized spacial score (nSPS) is 16.1. The number of aromatic nitrogens is 1. The largest absolute Gasteiger partial charge is 0.383 e. The van der Waals surface area contributed by atoms with Crippen molar-refractivity contribution in [2.24, 2.45) is 0 Å². The third kappa shape index (κ3) is 4.39. The molecule has 0 radical (unpaired) electrons. The summed E-state index contributed by atoms with van der Waals surface area (Å²) in [6.07, 6.45) is 3.53. The van der Waals surface area contributed by atoms with Gasteiger partial charge in [0.1, 0.15) is 0 Å².